The van der Waals surface area contributed by atoms with E-state index in [9.17, 15) is 4.79 Å². The van der Waals surface area contributed by atoms with Crippen LogP contribution in [0, 0.1) is 4.77 Å². The lowest BCUT2D eigenvalue weighted by Crippen LogP contribution is -2.38. The molecule has 0 atom stereocenters. The van der Waals surface area contributed by atoms with Crippen LogP contribution in [0.1, 0.15) is 53.8 Å². The van der Waals surface area contributed by atoms with Crippen molar-refractivity contribution in [3.05, 3.63) is 46.8 Å². The molecule has 3 heterocycles. The summed E-state index contributed by atoms with van der Waals surface area (Å²) < 4.78 is 4.42. The van der Waals surface area contributed by atoms with Gasteiger partial charge in [0, 0.05) is 25.0 Å². The van der Waals surface area contributed by atoms with Gasteiger partial charge in [-0.2, -0.15) is 9.78 Å². The van der Waals surface area contributed by atoms with E-state index in [0.717, 1.165) is 18.7 Å². The molecule has 28 heavy (non-hydrogen) atoms. The van der Waals surface area contributed by atoms with E-state index in [0.29, 0.717) is 41.1 Å². The maximum atomic E-state index is 13.1. The summed E-state index contributed by atoms with van der Waals surface area (Å²) in [6, 6.07) is 7.92. The number of piperidine rings is 1. The number of aromatic nitrogens is 7. The average molecular weight is 396 g/mol. The van der Waals surface area contributed by atoms with Gasteiger partial charge in [-0.05, 0) is 60.5 Å². The van der Waals surface area contributed by atoms with Gasteiger partial charge in [-0.15, -0.1) is 5.10 Å². The van der Waals surface area contributed by atoms with Crippen molar-refractivity contribution in [2.45, 2.75) is 37.6 Å². The van der Waals surface area contributed by atoms with Crippen molar-refractivity contribution < 1.29 is 4.79 Å². The van der Waals surface area contributed by atoms with E-state index in [1.165, 1.54) is 23.9 Å². The summed E-state index contributed by atoms with van der Waals surface area (Å²) >= 11 is 5.40. The van der Waals surface area contributed by atoms with Crippen LogP contribution in [-0.2, 0) is 0 Å². The molecule has 1 saturated heterocycles. The summed E-state index contributed by atoms with van der Waals surface area (Å²) in [6.45, 7) is 1.38. The summed E-state index contributed by atoms with van der Waals surface area (Å²) in [5, 5.41) is 18.7. The molecule has 0 unspecified atom stereocenters. The maximum absolute atomic E-state index is 13.1. The molecule has 1 N–H and O–H groups in total. The monoisotopic (exact) mass is 396 g/mol. The number of nitrogens with zero attached hydrogens (tertiary/aromatic N) is 7. The summed E-state index contributed by atoms with van der Waals surface area (Å²) in [6.07, 6.45) is 5.60. The summed E-state index contributed by atoms with van der Waals surface area (Å²) in [7, 11) is 0. The number of rotatable bonds is 4. The Kier molecular flexibility index (Phi) is 4.27. The fourth-order valence-electron chi connectivity index (χ4n) is 3.93. The molecule has 1 saturated carbocycles. The predicted molar refractivity (Wildman–Crippen MR) is 103 cm³/mol. The fraction of sp³-hybridized carbons (Fsp3) is 0.444. The molecule has 3 aromatic rings. The van der Waals surface area contributed by atoms with Crippen molar-refractivity contribution in [1.82, 2.24) is 39.9 Å². The van der Waals surface area contributed by atoms with Crippen LogP contribution >= 0.6 is 12.2 Å². The van der Waals surface area contributed by atoms with Crippen LogP contribution in [0.5, 0.6) is 0 Å². The molecule has 2 aromatic heterocycles. The van der Waals surface area contributed by atoms with Crippen molar-refractivity contribution in [1.29, 1.82) is 0 Å². The highest BCUT2D eigenvalue weighted by atomic mass is 32.1. The van der Waals surface area contributed by atoms with Gasteiger partial charge in [0.25, 0.3) is 5.91 Å². The number of carbonyl (C=O) groups is 1. The van der Waals surface area contributed by atoms with Crippen LogP contribution in [0.3, 0.4) is 0 Å². The molecule has 0 spiro atoms. The number of para-hydroxylation sites is 1. The van der Waals surface area contributed by atoms with Gasteiger partial charge >= 0.3 is 0 Å². The topological polar surface area (TPSA) is 97.5 Å². The molecule has 1 aliphatic heterocycles. The Morgan fingerprint density at radius 1 is 1.14 bits per heavy atom. The van der Waals surface area contributed by atoms with Crippen molar-refractivity contribution in [3.8, 4) is 5.69 Å². The van der Waals surface area contributed by atoms with Gasteiger partial charge in [0.2, 0.25) is 0 Å². The number of hydrogen-bond acceptors (Lipinski definition) is 6. The van der Waals surface area contributed by atoms with Gasteiger partial charge in [0.15, 0.2) is 4.77 Å². The van der Waals surface area contributed by atoms with Crippen LogP contribution in [0.2, 0.25) is 0 Å². The Labute approximate surface area is 166 Å². The Morgan fingerprint density at radius 3 is 2.64 bits per heavy atom. The van der Waals surface area contributed by atoms with Gasteiger partial charge < -0.3 is 9.47 Å². The molecule has 1 amide bonds. The highest BCUT2D eigenvalue weighted by molar-refractivity contribution is 7.71. The first kappa shape index (κ1) is 17.2. The van der Waals surface area contributed by atoms with Crippen LogP contribution in [-0.4, -0.2) is 58.9 Å². The first-order valence-corrected chi connectivity index (χ1v) is 9.91. The number of tetrazole rings is 1. The number of nitrogens with one attached hydrogen (secondary N) is 1. The molecule has 1 aliphatic carbocycles. The molecule has 9 nitrogen and oxygen atoms in total. The Bertz CT molecular complexity index is 1040. The van der Waals surface area contributed by atoms with Crippen molar-refractivity contribution in [2.24, 2.45) is 0 Å². The number of H-pyrrole nitrogens is 1. The smallest absolute Gasteiger partial charge is 0.256 e. The van der Waals surface area contributed by atoms with E-state index in [4.69, 9.17) is 12.2 Å². The Morgan fingerprint density at radius 2 is 1.93 bits per heavy atom. The highest BCUT2D eigenvalue weighted by Crippen LogP contribution is 2.39. The minimum absolute atomic E-state index is 0.00519. The maximum Gasteiger partial charge on any atom is 0.256 e. The zero-order valence-electron chi connectivity index (χ0n) is 15.2. The van der Waals surface area contributed by atoms with Gasteiger partial charge in [-0.3, -0.25) is 9.89 Å². The molecule has 2 fully saturated rings. The fourth-order valence-corrected chi connectivity index (χ4v) is 4.22. The molecular formula is C18H20N8OS. The Balaban J connectivity index is 1.33. The summed E-state index contributed by atoms with van der Waals surface area (Å²) in [5.41, 5.74) is 1.29. The zero-order valence-corrected chi connectivity index (χ0v) is 16.0. The lowest BCUT2D eigenvalue weighted by atomic mass is 9.95. The molecule has 1 aromatic carbocycles. The lowest BCUT2D eigenvalue weighted by molar-refractivity contribution is 0.0710. The minimum atomic E-state index is 0.00519. The van der Waals surface area contributed by atoms with E-state index < -0.39 is 0 Å². The number of carbonyl (C=O) groups excluding carboxylic acids is 1. The number of aromatic amines is 1. The molecular weight excluding hydrogens is 376 g/mol. The predicted octanol–water partition coefficient (Wildman–Crippen LogP) is 2.27. The second-order valence-corrected chi connectivity index (χ2v) is 7.71. The number of amides is 1. The molecule has 5 rings (SSSR count). The van der Waals surface area contributed by atoms with Gasteiger partial charge in [0.05, 0.1) is 11.3 Å². The average Bonchev–Trinajstić information content (AvgIpc) is 3.26. The summed E-state index contributed by atoms with van der Waals surface area (Å²) in [5.74, 6) is 1.38. The van der Waals surface area contributed by atoms with Gasteiger partial charge in [-0.25, -0.2) is 0 Å². The molecule has 144 valence electrons. The van der Waals surface area contributed by atoms with E-state index in [1.54, 1.807) is 0 Å². The highest BCUT2D eigenvalue weighted by Gasteiger charge is 2.33. The summed E-state index contributed by atoms with van der Waals surface area (Å²) in [4.78, 5) is 15.1. The quantitative estimate of drug-likeness (QED) is 0.680. The first-order chi connectivity index (χ1) is 13.7. The number of likely N-dealkylation sites (tertiary alicyclic amines) is 1. The van der Waals surface area contributed by atoms with Crippen LogP contribution < -0.4 is 0 Å². The normalized spacial score (nSPS) is 17.8. The van der Waals surface area contributed by atoms with E-state index >= 15 is 0 Å². The molecule has 0 bridgehead atoms. The van der Waals surface area contributed by atoms with Crippen LogP contribution in [0.4, 0.5) is 0 Å². The van der Waals surface area contributed by atoms with Crippen LogP contribution in [0.15, 0.2) is 30.6 Å². The largest absolute Gasteiger partial charge is 0.339 e. The SMILES string of the molecule is O=C(c1ccccc1-n1cnnn1)N1CCC(c2n[nH]c(=S)n2C2CC2)CC1. The first-order valence-electron chi connectivity index (χ1n) is 9.51. The van der Waals surface area contributed by atoms with E-state index in [-0.39, 0.29) is 5.91 Å². The number of hydrogen-bond donors (Lipinski definition) is 1. The lowest BCUT2D eigenvalue weighted by Gasteiger charge is -2.32. The minimum Gasteiger partial charge on any atom is -0.339 e. The van der Waals surface area contributed by atoms with E-state index in [2.05, 4.69) is 30.3 Å². The zero-order chi connectivity index (χ0) is 19.1. The van der Waals surface area contributed by atoms with Crippen molar-refractivity contribution >= 4 is 18.1 Å². The second-order valence-electron chi connectivity index (χ2n) is 7.33. The third-order valence-corrected chi connectivity index (χ3v) is 5.81. The second kappa shape index (κ2) is 6.93. The third kappa shape index (κ3) is 3.03. The van der Waals surface area contributed by atoms with Crippen molar-refractivity contribution in [3.63, 3.8) is 0 Å². The third-order valence-electron chi connectivity index (χ3n) is 5.52. The van der Waals surface area contributed by atoms with Crippen molar-refractivity contribution in [2.75, 3.05) is 13.1 Å². The van der Waals surface area contributed by atoms with Gasteiger partial charge in [-0.1, -0.05) is 12.1 Å². The van der Waals surface area contributed by atoms with Gasteiger partial charge in [0.1, 0.15) is 12.2 Å². The number of benzene rings is 1. The van der Waals surface area contributed by atoms with Crippen LogP contribution in [0.25, 0.3) is 5.69 Å². The standard InChI is InChI=1S/C18H20N8OS/c27-17(14-3-1-2-4-15(14)25-11-19-22-23-25)24-9-7-12(8-10-24)16-20-21-18(28)26(16)13-5-6-13/h1-4,11-13H,5-10H2,(H,21,28). The Hall–Kier alpha value is -2.88. The van der Waals surface area contributed by atoms with E-state index in [1.807, 2.05) is 29.2 Å². The molecule has 2 aliphatic rings. The molecule has 10 heteroatoms. The molecule has 0 radical (unpaired) electrons.